The number of rotatable bonds is 4. The summed E-state index contributed by atoms with van der Waals surface area (Å²) in [6.07, 6.45) is 3.87. The first-order chi connectivity index (χ1) is 13.8. The summed E-state index contributed by atoms with van der Waals surface area (Å²) in [5.41, 5.74) is -0.656. The third-order valence-electron chi connectivity index (χ3n) is 7.13. The van der Waals surface area contributed by atoms with Crippen molar-refractivity contribution in [1.29, 1.82) is 0 Å². The Labute approximate surface area is 170 Å². The van der Waals surface area contributed by atoms with Gasteiger partial charge in [-0.3, -0.25) is 9.59 Å². The molecule has 0 radical (unpaired) electrons. The minimum Gasteiger partial charge on any atom is -0.452 e. The van der Waals surface area contributed by atoms with E-state index in [4.69, 9.17) is 4.74 Å². The summed E-state index contributed by atoms with van der Waals surface area (Å²) in [7, 11) is 0. The molecule has 0 heterocycles. The van der Waals surface area contributed by atoms with E-state index in [1.54, 1.807) is 6.92 Å². The smallest absolute Gasteiger partial charge is 0.312 e. The molecule has 0 spiro atoms. The molecule has 2 N–H and O–H groups in total. The van der Waals surface area contributed by atoms with Crippen molar-refractivity contribution in [1.82, 2.24) is 0 Å². The monoisotopic (exact) mass is 393 g/mol. The molecule has 0 aliphatic heterocycles. The molecule has 4 aliphatic carbocycles. The Morgan fingerprint density at radius 2 is 1.76 bits per heavy atom. The number of carbonyl (C=O) groups is 2. The van der Waals surface area contributed by atoms with Gasteiger partial charge in [-0.1, -0.05) is 30.3 Å². The van der Waals surface area contributed by atoms with Gasteiger partial charge in [-0.25, -0.2) is 0 Å². The number of carbonyl (C=O) groups excluding carboxylic acids is 2. The second-order valence-corrected chi connectivity index (χ2v) is 9.56. The zero-order valence-corrected chi connectivity index (χ0v) is 16.7. The second kappa shape index (κ2) is 6.56. The summed E-state index contributed by atoms with van der Waals surface area (Å²) in [6, 6.07) is 13.7. The number of aliphatic hydroxyl groups is 1. The number of fused-ring (bicyclic) bond motifs is 1. The first-order valence-electron chi connectivity index (χ1n) is 10.6. The predicted octanol–water partition coefficient (Wildman–Crippen LogP) is 4.04. The largest absolute Gasteiger partial charge is 0.452 e. The molecule has 5 heteroatoms. The molecule has 152 valence electrons. The van der Waals surface area contributed by atoms with Crippen LogP contribution in [0.15, 0.2) is 42.5 Å². The van der Waals surface area contributed by atoms with E-state index in [2.05, 4.69) is 5.32 Å². The Morgan fingerprint density at radius 1 is 1.07 bits per heavy atom. The summed E-state index contributed by atoms with van der Waals surface area (Å²) in [5, 5.41) is 15.8. The minimum atomic E-state index is -0.878. The standard InChI is InChI=1S/C24H27NO4/c1-15(21(26)25-20-7-6-18-4-2-3-5-19(18)9-20)29-22(27)23-10-16-8-17(11-23)13-24(28,12-16)14-23/h2-7,9,15-17,28H,8,10-14H2,1H3,(H,25,26)/t15-,16-,17+,23?,24?/m0/s1. The summed E-state index contributed by atoms with van der Waals surface area (Å²) >= 11 is 0. The molecular formula is C24H27NO4. The zero-order chi connectivity index (χ0) is 20.2. The van der Waals surface area contributed by atoms with Gasteiger partial charge in [-0.05, 0) is 80.2 Å². The topological polar surface area (TPSA) is 75.6 Å². The van der Waals surface area contributed by atoms with Gasteiger partial charge in [0.25, 0.3) is 5.91 Å². The highest BCUT2D eigenvalue weighted by molar-refractivity contribution is 5.97. The van der Waals surface area contributed by atoms with Crippen LogP contribution in [0.1, 0.15) is 45.4 Å². The van der Waals surface area contributed by atoms with Gasteiger partial charge in [0.2, 0.25) is 0 Å². The third kappa shape index (κ3) is 3.31. The van der Waals surface area contributed by atoms with Crippen LogP contribution >= 0.6 is 0 Å². The first kappa shape index (κ1) is 18.6. The van der Waals surface area contributed by atoms with Crippen molar-refractivity contribution in [2.75, 3.05) is 5.32 Å². The Morgan fingerprint density at radius 3 is 2.45 bits per heavy atom. The molecule has 1 amide bonds. The predicted molar refractivity (Wildman–Crippen MR) is 110 cm³/mol. The fourth-order valence-corrected chi connectivity index (χ4v) is 6.30. The van der Waals surface area contributed by atoms with Crippen LogP contribution < -0.4 is 5.32 Å². The quantitative estimate of drug-likeness (QED) is 0.769. The maximum absolute atomic E-state index is 13.1. The van der Waals surface area contributed by atoms with Gasteiger partial charge in [0.15, 0.2) is 6.10 Å². The highest BCUT2D eigenvalue weighted by Crippen LogP contribution is 2.62. The van der Waals surface area contributed by atoms with Gasteiger partial charge in [-0.2, -0.15) is 0 Å². The molecule has 0 aromatic heterocycles. The van der Waals surface area contributed by atoms with Crippen molar-refractivity contribution < 1.29 is 19.4 Å². The minimum absolute atomic E-state index is 0.314. The molecule has 4 aliphatic rings. The SMILES string of the molecule is C[C@H](OC(=O)C12C[C@@H]3C[C@@H](CC(O)(C3)C1)C2)C(=O)Nc1ccc2ccccc2c1. The van der Waals surface area contributed by atoms with Crippen molar-refractivity contribution in [3.8, 4) is 0 Å². The van der Waals surface area contributed by atoms with Gasteiger partial charge >= 0.3 is 5.97 Å². The number of amides is 1. The Hall–Kier alpha value is -2.40. The van der Waals surface area contributed by atoms with E-state index in [9.17, 15) is 14.7 Å². The van der Waals surface area contributed by atoms with E-state index in [0.717, 1.165) is 42.9 Å². The number of hydrogen-bond donors (Lipinski definition) is 2. The van der Waals surface area contributed by atoms with Gasteiger partial charge in [0.1, 0.15) is 0 Å². The Bertz CT molecular complexity index is 970. The van der Waals surface area contributed by atoms with Gasteiger partial charge in [0.05, 0.1) is 11.0 Å². The number of benzene rings is 2. The number of esters is 1. The number of anilines is 1. The van der Waals surface area contributed by atoms with Crippen LogP contribution in [-0.4, -0.2) is 28.7 Å². The highest BCUT2D eigenvalue weighted by Gasteiger charge is 2.61. The molecule has 4 saturated carbocycles. The summed E-state index contributed by atoms with van der Waals surface area (Å²) in [5.74, 6) is 0.148. The van der Waals surface area contributed by atoms with Crippen LogP contribution in [0.25, 0.3) is 10.8 Å². The summed E-state index contributed by atoms with van der Waals surface area (Å²) in [4.78, 5) is 25.7. The van der Waals surface area contributed by atoms with E-state index < -0.39 is 17.1 Å². The van der Waals surface area contributed by atoms with Crippen molar-refractivity contribution in [3.63, 3.8) is 0 Å². The zero-order valence-electron chi connectivity index (χ0n) is 16.7. The molecule has 6 rings (SSSR count). The molecule has 2 aromatic carbocycles. The van der Waals surface area contributed by atoms with Crippen LogP contribution in [0, 0.1) is 17.3 Å². The fraction of sp³-hybridized carbons (Fsp3) is 0.500. The highest BCUT2D eigenvalue weighted by atomic mass is 16.5. The molecule has 5 nitrogen and oxygen atoms in total. The Kier molecular flexibility index (Phi) is 4.21. The fourth-order valence-electron chi connectivity index (χ4n) is 6.30. The molecule has 4 bridgehead atoms. The first-order valence-corrected chi connectivity index (χ1v) is 10.6. The number of hydrogen-bond acceptors (Lipinski definition) is 4. The average molecular weight is 393 g/mol. The third-order valence-corrected chi connectivity index (χ3v) is 7.13. The lowest BCUT2D eigenvalue weighted by Crippen LogP contribution is -2.59. The molecule has 29 heavy (non-hydrogen) atoms. The Balaban J connectivity index is 1.26. The molecular weight excluding hydrogens is 366 g/mol. The summed E-state index contributed by atoms with van der Waals surface area (Å²) < 4.78 is 5.64. The maximum Gasteiger partial charge on any atom is 0.312 e. The summed E-state index contributed by atoms with van der Waals surface area (Å²) in [6.45, 7) is 1.61. The van der Waals surface area contributed by atoms with Crippen LogP contribution in [0.4, 0.5) is 5.69 Å². The van der Waals surface area contributed by atoms with Crippen LogP contribution in [-0.2, 0) is 14.3 Å². The number of ether oxygens (including phenoxy) is 1. The van der Waals surface area contributed by atoms with Crippen LogP contribution in [0.5, 0.6) is 0 Å². The van der Waals surface area contributed by atoms with E-state index in [0.29, 0.717) is 23.9 Å². The van der Waals surface area contributed by atoms with E-state index >= 15 is 0 Å². The van der Waals surface area contributed by atoms with E-state index in [-0.39, 0.29) is 11.9 Å². The van der Waals surface area contributed by atoms with Crippen LogP contribution in [0.3, 0.4) is 0 Å². The van der Waals surface area contributed by atoms with Crippen molar-refractivity contribution >= 4 is 28.3 Å². The van der Waals surface area contributed by atoms with Gasteiger partial charge in [0, 0.05) is 5.69 Å². The van der Waals surface area contributed by atoms with E-state index in [1.807, 2.05) is 42.5 Å². The molecule has 0 saturated heterocycles. The molecule has 5 atom stereocenters. The van der Waals surface area contributed by atoms with Crippen molar-refractivity contribution in [2.45, 2.75) is 57.2 Å². The maximum atomic E-state index is 13.1. The van der Waals surface area contributed by atoms with Gasteiger partial charge in [-0.15, -0.1) is 0 Å². The molecule has 2 aromatic rings. The van der Waals surface area contributed by atoms with Gasteiger partial charge < -0.3 is 15.2 Å². The average Bonchev–Trinajstić information content (AvgIpc) is 2.66. The lowest BCUT2D eigenvalue weighted by molar-refractivity contribution is -0.199. The number of nitrogens with one attached hydrogen (secondary N) is 1. The second-order valence-electron chi connectivity index (χ2n) is 9.56. The van der Waals surface area contributed by atoms with E-state index in [1.165, 1.54) is 0 Å². The van der Waals surface area contributed by atoms with Crippen LogP contribution in [0.2, 0.25) is 0 Å². The lowest BCUT2D eigenvalue weighted by Gasteiger charge is -2.58. The lowest BCUT2D eigenvalue weighted by atomic mass is 9.48. The normalized spacial score (nSPS) is 33.4. The van der Waals surface area contributed by atoms with Crippen molar-refractivity contribution in [2.24, 2.45) is 17.3 Å². The molecule has 4 fully saturated rings. The molecule has 2 unspecified atom stereocenters. The van der Waals surface area contributed by atoms with Crippen molar-refractivity contribution in [3.05, 3.63) is 42.5 Å².